The summed E-state index contributed by atoms with van der Waals surface area (Å²) >= 11 is 7.79. The fourth-order valence-electron chi connectivity index (χ4n) is 3.78. The van der Waals surface area contributed by atoms with E-state index in [4.69, 9.17) is 16.6 Å². The zero-order chi connectivity index (χ0) is 22.6. The summed E-state index contributed by atoms with van der Waals surface area (Å²) in [6, 6.07) is 28.3. The summed E-state index contributed by atoms with van der Waals surface area (Å²) in [5.74, 6) is 1.56. The van der Waals surface area contributed by atoms with E-state index in [0.717, 1.165) is 55.0 Å². The van der Waals surface area contributed by atoms with Gasteiger partial charge >= 0.3 is 0 Å². The number of fused-ring (bicyclic) bond motifs is 1. The Balaban J connectivity index is 1.60. The maximum atomic E-state index is 6.15. The van der Waals surface area contributed by atoms with Gasteiger partial charge in [0.1, 0.15) is 0 Å². The smallest absolute Gasteiger partial charge is 0.192 e. The first-order valence-corrected chi connectivity index (χ1v) is 12.0. The molecule has 162 valence electrons. The van der Waals surface area contributed by atoms with Gasteiger partial charge in [0.15, 0.2) is 11.0 Å². The second-order valence-electron chi connectivity index (χ2n) is 7.56. The van der Waals surface area contributed by atoms with E-state index in [1.807, 2.05) is 60.7 Å². The molecule has 0 saturated carbocycles. The number of hydrogen-bond acceptors (Lipinski definition) is 4. The molecule has 33 heavy (non-hydrogen) atoms. The van der Waals surface area contributed by atoms with Gasteiger partial charge in [0, 0.05) is 33.8 Å². The third kappa shape index (κ3) is 4.56. The SMILES string of the molecule is C=CCn1c(SCc2cccc(Cl)c2)nnc1-c1cc(-c2ccccc2)nc2ccccc12. The zero-order valence-corrected chi connectivity index (χ0v) is 19.4. The van der Waals surface area contributed by atoms with Gasteiger partial charge in [-0.25, -0.2) is 4.98 Å². The number of halogens is 1. The summed E-state index contributed by atoms with van der Waals surface area (Å²) in [6.07, 6.45) is 1.87. The van der Waals surface area contributed by atoms with Gasteiger partial charge in [-0.2, -0.15) is 0 Å². The Morgan fingerprint density at radius 1 is 0.909 bits per heavy atom. The molecular weight excluding hydrogens is 448 g/mol. The normalized spacial score (nSPS) is 11.1. The fourth-order valence-corrected chi connectivity index (χ4v) is 4.88. The van der Waals surface area contributed by atoms with Crippen LogP contribution in [0, 0.1) is 0 Å². The molecule has 2 heterocycles. The Kier molecular flexibility index (Phi) is 6.24. The van der Waals surface area contributed by atoms with Crippen molar-refractivity contribution in [3.05, 3.63) is 108 Å². The Labute approximate surface area is 202 Å². The molecule has 0 aliphatic carbocycles. The summed E-state index contributed by atoms with van der Waals surface area (Å²) in [7, 11) is 0. The number of thioether (sulfide) groups is 1. The van der Waals surface area contributed by atoms with Gasteiger partial charge in [0.25, 0.3) is 0 Å². The molecule has 6 heteroatoms. The molecule has 5 aromatic rings. The van der Waals surface area contributed by atoms with Crippen LogP contribution in [0.4, 0.5) is 0 Å². The predicted molar refractivity (Wildman–Crippen MR) is 137 cm³/mol. The highest BCUT2D eigenvalue weighted by Crippen LogP contribution is 2.33. The van der Waals surface area contributed by atoms with Gasteiger partial charge in [-0.15, -0.1) is 16.8 Å². The molecule has 0 radical (unpaired) electrons. The minimum atomic E-state index is 0.609. The van der Waals surface area contributed by atoms with Crippen LogP contribution in [-0.4, -0.2) is 19.7 Å². The van der Waals surface area contributed by atoms with Crippen molar-refractivity contribution >= 4 is 34.3 Å². The van der Waals surface area contributed by atoms with E-state index in [1.165, 1.54) is 0 Å². The number of allylic oxidation sites excluding steroid dienone is 1. The molecular formula is C27H21ClN4S. The third-order valence-corrected chi connectivity index (χ3v) is 6.59. The highest BCUT2D eigenvalue weighted by Gasteiger charge is 2.18. The average molecular weight is 469 g/mol. The molecule has 0 N–H and O–H groups in total. The summed E-state index contributed by atoms with van der Waals surface area (Å²) < 4.78 is 2.11. The van der Waals surface area contributed by atoms with E-state index >= 15 is 0 Å². The summed E-state index contributed by atoms with van der Waals surface area (Å²) in [4.78, 5) is 4.90. The lowest BCUT2D eigenvalue weighted by Crippen LogP contribution is -2.02. The molecule has 0 bridgehead atoms. The van der Waals surface area contributed by atoms with E-state index in [-0.39, 0.29) is 0 Å². The number of rotatable bonds is 7. The van der Waals surface area contributed by atoms with Crippen molar-refractivity contribution in [3.63, 3.8) is 0 Å². The van der Waals surface area contributed by atoms with Crippen LogP contribution in [0.2, 0.25) is 5.02 Å². The summed E-state index contributed by atoms with van der Waals surface area (Å²) in [5, 5.41) is 11.8. The maximum Gasteiger partial charge on any atom is 0.192 e. The molecule has 0 atom stereocenters. The highest BCUT2D eigenvalue weighted by atomic mass is 35.5. The number of benzene rings is 3. The van der Waals surface area contributed by atoms with Gasteiger partial charge in [-0.1, -0.05) is 90.1 Å². The van der Waals surface area contributed by atoms with Crippen molar-refractivity contribution in [1.82, 2.24) is 19.7 Å². The fraction of sp³-hybridized carbons (Fsp3) is 0.0741. The standard InChI is InChI=1S/C27H21ClN4S/c1-2-15-32-26(30-31-27(32)33-18-19-9-8-12-21(28)16-19)23-17-25(20-10-4-3-5-11-20)29-24-14-7-6-13-22(23)24/h2-14,16-17H,1,15,18H2. The first-order valence-electron chi connectivity index (χ1n) is 10.6. The Morgan fingerprint density at radius 2 is 1.73 bits per heavy atom. The van der Waals surface area contributed by atoms with Crippen LogP contribution in [0.5, 0.6) is 0 Å². The topological polar surface area (TPSA) is 43.6 Å². The molecule has 0 aliphatic rings. The van der Waals surface area contributed by atoms with E-state index in [9.17, 15) is 0 Å². The van der Waals surface area contributed by atoms with Crippen LogP contribution in [0.15, 0.2) is 103 Å². The molecule has 0 aliphatic heterocycles. The van der Waals surface area contributed by atoms with Crippen molar-refractivity contribution in [2.45, 2.75) is 17.5 Å². The van der Waals surface area contributed by atoms with Crippen molar-refractivity contribution in [2.24, 2.45) is 0 Å². The van der Waals surface area contributed by atoms with Crippen LogP contribution >= 0.6 is 23.4 Å². The largest absolute Gasteiger partial charge is 0.298 e. The molecule has 0 saturated heterocycles. The first kappa shape index (κ1) is 21.4. The Morgan fingerprint density at radius 3 is 2.55 bits per heavy atom. The second kappa shape index (κ2) is 9.61. The minimum Gasteiger partial charge on any atom is -0.298 e. The van der Waals surface area contributed by atoms with E-state index in [0.29, 0.717) is 6.54 Å². The zero-order valence-electron chi connectivity index (χ0n) is 17.9. The molecule has 4 nitrogen and oxygen atoms in total. The molecule has 2 aromatic heterocycles. The van der Waals surface area contributed by atoms with Crippen LogP contribution in [0.3, 0.4) is 0 Å². The van der Waals surface area contributed by atoms with Gasteiger partial charge < -0.3 is 0 Å². The number of para-hydroxylation sites is 1. The lowest BCUT2D eigenvalue weighted by atomic mass is 10.0. The van der Waals surface area contributed by atoms with Crippen molar-refractivity contribution < 1.29 is 0 Å². The number of pyridine rings is 1. The van der Waals surface area contributed by atoms with Gasteiger partial charge in [0.05, 0.1) is 11.2 Å². The predicted octanol–water partition coefficient (Wildman–Crippen LogP) is 7.29. The van der Waals surface area contributed by atoms with E-state index in [1.54, 1.807) is 11.8 Å². The number of aromatic nitrogens is 4. The van der Waals surface area contributed by atoms with E-state index in [2.05, 4.69) is 51.7 Å². The maximum absolute atomic E-state index is 6.15. The van der Waals surface area contributed by atoms with Gasteiger partial charge in [-0.05, 0) is 29.8 Å². The monoisotopic (exact) mass is 468 g/mol. The molecule has 0 amide bonds. The molecule has 5 rings (SSSR count). The van der Waals surface area contributed by atoms with Crippen LogP contribution < -0.4 is 0 Å². The van der Waals surface area contributed by atoms with Crippen molar-refractivity contribution in [3.8, 4) is 22.6 Å². The number of nitrogens with zero attached hydrogens (tertiary/aromatic N) is 4. The lowest BCUT2D eigenvalue weighted by molar-refractivity contribution is 0.731. The molecule has 0 fully saturated rings. The van der Waals surface area contributed by atoms with Gasteiger partial charge in [0.2, 0.25) is 0 Å². The van der Waals surface area contributed by atoms with Crippen molar-refractivity contribution in [2.75, 3.05) is 0 Å². The summed E-state index contributed by atoms with van der Waals surface area (Å²) in [6.45, 7) is 4.56. The third-order valence-electron chi connectivity index (χ3n) is 5.31. The quantitative estimate of drug-likeness (QED) is 0.186. The average Bonchev–Trinajstić information content (AvgIpc) is 3.25. The van der Waals surface area contributed by atoms with Crippen LogP contribution in [0.1, 0.15) is 5.56 Å². The number of hydrogen-bond donors (Lipinski definition) is 0. The second-order valence-corrected chi connectivity index (χ2v) is 8.94. The minimum absolute atomic E-state index is 0.609. The molecule has 3 aromatic carbocycles. The molecule has 0 unspecified atom stereocenters. The van der Waals surface area contributed by atoms with Crippen LogP contribution in [0.25, 0.3) is 33.5 Å². The summed E-state index contributed by atoms with van der Waals surface area (Å²) in [5.41, 5.74) is 5.04. The first-order chi connectivity index (χ1) is 16.2. The Bertz CT molecular complexity index is 1430. The van der Waals surface area contributed by atoms with E-state index < -0.39 is 0 Å². The highest BCUT2D eigenvalue weighted by molar-refractivity contribution is 7.98. The Hall–Kier alpha value is -3.41. The molecule has 0 spiro atoms. The lowest BCUT2D eigenvalue weighted by Gasteiger charge is -2.12. The van der Waals surface area contributed by atoms with Crippen LogP contribution in [-0.2, 0) is 12.3 Å². The van der Waals surface area contributed by atoms with Crippen molar-refractivity contribution in [1.29, 1.82) is 0 Å². The van der Waals surface area contributed by atoms with Gasteiger partial charge in [-0.3, -0.25) is 4.57 Å².